The largest absolute Gasteiger partial charge is 0.748 e. The number of carboxylic acid groups (broad SMARTS) is 2. The number of halogens is 4. The molecule has 0 amide bonds. The molecule has 358 valence electrons. The minimum Gasteiger partial charge on any atom is -0.748 e. The number of carboxylic acids is 2. The van der Waals surface area contributed by atoms with Crippen molar-refractivity contribution in [1.82, 2.24) is 0 Å². The highest BCUT2D eigenvalue weighted by atomic mass is 127. The van der Waals surface area contributed by atoms with Gasteiger partial charge in [0.1, 0.15) is 6.54 Å². The number of benzene rings is 4. The quantitative estimate of drug-likeness (QED) is 0.0236. The molecule has 3 atom stereocenters. The molecule has 4 aromatic carbocycles. The fourth-order valence-electron chi connectivity index (χ4n) is 9.93. The Balaban J connectivity index is 1.44. The van der Waals surface area contributed by atoms with Gasteiger partial charge in [0.15, 0.2) is 11.6 Å². The molecule has 3 N–H and O–H groups in total. The van der Waals surface area contributed by atoms with Crippen LogP contribution < -0.4 is 4.90 Å². The minimum absolute atomic E-state index is 0.0768. The lowest BCUT2D eigenvalue weighted by atomic mass is 9.68. The van der Waals surface area contributed by atoms with Crippen LogP contribution in [-0.4, -0.2) is 76.6 Å². The zero-order valence-electron chi connectivity index (χ0n) is 37.1. The van der Waals surface area contributed by atoms with Crippen LogP contribution >= 0.6 is 90.4 Å². The van der Waals surface area contributed by atoms with E-state index in [4.69, 9.17) is 0 Å². The highest BCUT2D eigenvalue weighted by Gasteiger charge is 2.53. The SMILES string of the molecule is CCCCC(C(=O)O)C1(C)/C(=C/C=C/C=C/C=C/C2=[N+](CCCS(=O)(=O)[O-])c3ccc4c(I)cc(I)cc4c3C2(C)CCCCCC(=O)O)N(CS(=O)(=O)O)c2ccc3c(I)cc(I)cc3c21. The summed E-state index contributed by atoms with van der Waals surface area (Å²) in [5, 5.41) is 24.0. The lowest BCUT2D eigenvalue weighted by molar-refractivity contribution is -0.437. The molecule has 67 heavy (non-hydrogen) atoms. The van der Waals surface area contributed by atoms with Crippen LogP contribution in [0.3, 0.4) is 0 Å². The van der Waals surface area contributed by atoms with Gasteiger partial charge >= 0.3 is 11.9 Å². The summed E-state index contributed by atoms with van der Waals surface area (Å²) in [5.41, 5.74) is 2.77. The second-order valence-corrected chi connectivity index (χ2v) is 25.1. The average Bonchev–Trinajstić information content (AvgIpc) is 3.59. The number of fused-ring (bicyclic) bond motifs is 6. The Morgan fingerprint density at radius 1 is 0.791 bits per heavy atom. The first-order valence-electron chi connectivity index (χ1n) is 21.8. The number of nitrogens with zero attached hydrogens (tertiary/aromatic N) is 2. The molecule has 6 rings (SSSR count). The molecule has 0 saturated carbocycles. The van der Waals surface area contributed by atoms with Gasteiger partial charge in [-0.05, 0) is 193 Å². The van der Waals surface area contributed by atoms with Gasteiger partial charge in [-0.1, -0.05) is 69.1 Å². The smallest absolute Gasteiger partial charge is 0.307 e. The van der Waals surface area contributed by atoms with Crippen molar-refractivity contribution in [3.05, 3.63) is 122 Å². The Bertz CT molecular complexity index is 3000. The van der Waals surface area contributed by atoms with Crippen molar-refractivity contribution in [2.75, 3.05) is 23.1 Å². The number of hydrogen-bond donors (Lipinski definition) is 3. The summed E-state index contributed by atoms with van der Waals surface area (Å²) in [6.07, 6.45) is 17.3. The van der Waals surface area contributed by atoms with E-state index in [0.29, 0.717) is 49.1 Å². The summed E-state index contributed by atoms with van der Waals surface area (Å²) in [6.45, 7) is 6.29. The van der Waals surface area contributed by atoms with Gasteiger partial charge in [0.05, 0.1) is 21.5 Å². The molecule has 0 aromatic heterocycles. The summed E-state index contributed by atoms with van der Waals surface area (Å²) in [4.78, 5) is 26.1. The van der Waals surface area contributed by atoms with Crippen LogP contribution in [0.4, 0.5) is 11.4 Å². The first kappa shape index (κ1) is 53.9. The van der Waals surface area contributed by atoms with Crippen LogP contribution in [0.2, 0.25) is 0 Å². The van der Waals surface area contributed by atoms with Gasteiger partial charge < -0.3 is 19.7 Å². The fraction of sp³-hybridized carbons (Fsp3) is 0.367. The third-order valence-corrected chi connectivity index (χ3v) is 17.2. The zero-order valence-corrected chi connectivity index (χ0v) is 47.4. The first-order valence-corrected chi connectivity index (χ1v) is 29.3. The number of carbonyl (C=O) groups is 2. The normalized spacial score (nSPS) is 19.8. The fourth-order valence-corrected chi connectivity index (χ4v) is 15.1. The molecule has 2 heterocycles. The Morgan fingerprint density at radius 2 is 1.40 bits per heavy atom. The maximum atomic E-state index is 13.3. The van der Waals surface area contributed by atoms with Crippen molar-refractivity contribution in [3.8, 4) is 0 Å². The predicted octanol–water partition coefficient (Wildman–Crippen LogP) is 11.8. The summed E-state index contributed by atoms with van der Waals surface area (Å²) < 4.78 is 77.1. The number of rotatable bonds is 21. The molecule has 4 aromatic rings. The van der Waals surface area contributed by atoms with E-state index in [1.165, 1.54) is 4.90 Å². The Hall–Kier alpha value is -2.49. The van der Waals surface area contributed by atoms with E-state index >= 15 is 0 Å². The number of anilines is 1. The molecule has 0 fully saturated rings. The highest BCUT2D eigenvalue weighted by molar-refractivity contribution is 14.1. The van der Waals surface area contributed by atoms with Crippen molar-refractivity contribution < 1.29 is 50.3 Å². The van der Waals surface area contributed by atoms with Gasteiger partial charge in [-0.25, -0.2) is 8.42 Å². The third kappa shape index (κ3) is 12.2. The van der Waals surface area contributed by atoms with Crippen LogP contribution in [0.25, 0.3) is 21.5 Å². The average molecular weight is 1400 g/mol. The molecule has 2 aliphatic rings. The molecule has 12 nitrogen and oxygen atoms in total. The van der Waals surface area contributed by atoms with Crippen molar-refractivity contribution in [1.29, 1.82) is 0 Å². The summed E-state index contributed by atoms with van der Waals surface area (Å²) in [5.74, 6) is -4.07. The van der Waals surface area contributed by atoms with Gasteiger partial charge in [0, 0.05) is 67.4 Å². The maximum Gasteiger partial charge on any atom is 0.307 e. The van der Waals surface area contributed by atoms with Crippen molar-refractivity contribution in [2.24, 2.45) is 5.92 Å². The molecule has 0 aliphatic carbocycles. The topological polar surface area (TPSA) is 192 Å². The molecular formula is C49H52I4N2O10S2. The second-order valence-electron chi connectivity index (χ2n) is 17.4. The zero-order chi connectivity index (χ0) is 49.1. The lowest BCUT2D eigenvalue weighted by Crippen LogP contribution is -2.41. The van der Waals surface area contributed by atoms with Crippen molar-refractivity contribution in [3.63, 3.8) is 0 Å². The first-order chi connectivity index (χ1) is 31.5. The lowest BCUT2D eigenvalue weighted by Gasteiger charge is -2.35. The maximum absolute atomic E-state index is 13.3. The van der Waals surface area contributed by atoms with Gasteiger partial charge in [0.2, 0.25) is 5.69 Å². The van der Waals surface area contributed by atoms with Gasteiger partial charge in [-0.2, -0.15) is 13.0 Å². The molecule has 2 aliphatic heterocycles. The number of aliphatic carboxylic acids is 2. The van der Waals surface area contributed by atoms with E-state index in [1.54, 1.807) is 30.4 Å². The number of unbranched alkanes of at least 4 members (excludes halogenated alkanes) is 3. The van der Waals surface area contributed by atoms with E-state index in [-0.39, 0.29) is 19.4 Å². The number of hydrogen-bond acceptors (Lipinski definition) is 8. The molecule has 18 heteroatoms. The van der Waals surface area contributed by atoms with E-state index in [9.17, 15) is 45.7 Å². The highest BCUT2D eigenvalue weighted by Crippen LogP contribution is 2.56. The summed E-state index contributed by atoms with van der Waals surface area (Å²) >= 11 is 9.14. The Morgan fingerprint density at radius 3 is 2.00 bits per heavy atom. The van der Waals surface area contributed by atoms with Crippen LogP contribution in [0.1, 0.15) is 89.7 Å². The van der Waals surface area contributed by atoms with Gasteiger partial charge in [-0.15, -0.1) is 0 Å². The Labute approximate surface area is 447 Å². The van der Waals surface area contributed by atoms with Crippen molar-refractivity contribution in [2.45, 2.75) is 89.4 Å². The van der Waals surface area contributed by atoms with Crippen LogP contribution in [0, 0.1) is 20.2 Å². The van der Waals surface area contributed by atoms with Gasteiger partial charge in [0.25, 0.3) is 10.1 Å². The molecule has 0 radical (unpaired) electrons. The molecule has 0 spiro atoms. The number of allylic oxidation sites excluding steroid dienone is 8. The summed E-state index contributed by atoms with van der Waals surface area (Å²) in [6, 6.07) is 16.1. The van der Waals surface area contributed by atoms with Crippen LogP contribution in [0.5, 0.6) is 0 Å². The third-order valence-electron chi connectivity index (χ3n) is 12.8. The monoisotopic (exact) mass is 1400 g/mol. The van der Waals surface area contributed by atoms with E-state index in [0.717, 1.165) is 65.6 Å². The molecule has 0 bridgehead atoms. The molecule has 0 saturated heterocycles. The second kappa shape index (κ2) is 22.3. The van der Waals surface area contributed by atoms with E-state index in [1.807, 2.05) is 50.3 Å². The minimum atomic E-state index is -4.58. The standard InChI is InChI=1S/C49H52I4N2O10S2/c1-4-5-15-37(47(58)59)49(3)43(55(30-67(63,64)65)41-22-20-34-36(46(41)49)27-32(51)29-39(34)53)17-11-8-6-7-10-16-42-48(2,23-13-9-12-18-44(56)57)45-35-26-31(50)28-38(52)33(35)19-21-40(45)54(42)24-14-25-66(60,61)62/h6-8,10-11,16-17,19-22,26-29,37H,4-5,9,12-15,18,23-25,30H2,1-3H3,(H3-,56,57,58,59,60,61,62,63,64,65). The molecular weight excluding hydrogens is 1350 g/mol. The summed E-state index contributed by atoms with van der Waals surface area (Å²) in [7, 11) is -9.05. The predicted molar refractivity (Wildman–Crippen MR) is 298 cm³/mol. The Kier molecular flexibility index (Phi) is 17.9. The van der Waals surface area contributed by atoms with Gasteiger partial charge in [-0.3, -0.25) is 14.1 Å². The van der Waals surface area contributed by atoms with Crippen LogP contribution in [0.15, 0.2) is 96.8 Å². The van der Waals surface area contributed by atoms with Crippen molar-refractivity contribution >= 4 is 161 Å². The van der Waals surface area contributed by atoms with Crippen LogP contribution in [-0.2, 0) is 40.7 Å². The van der Waals surface area contributed by atoms with E-state index < -0.39 is 60.6 Å². The van der Waals surface area contributed by atoms with E-state index in [2.05, 4.69) is 126 Å². The molecule has 3 unspecified atom stereocenters.